The van der Waals surface area contributed by atoms with Gasteiger partial charge in [0.25, 0.3) is 0 Å². The molecule has 0 bridgehead atoms. The maximum absolute atomic E-state index is 13.8. The largest absolute Gasteiger partial charge is 0.444 e. The Morgan fingerprint density at radius 1 is 1.21 bits per heavy atom. The quantitative estimate of drug-likeness (QED) is 0.653. The summed E-state index contributed by atoms with van der Waals surface area (Å²) in [7, 11) is 1.63. The number of amides is 1. The first-order chi connectivity index (χ1) is 13.6. The van der Waals surface area contributed by atoms with Gasteiger partial charge in [-0.25, -0.2) is 9.18 Å². The number of hydrogen-bond acceptors (Lipinski definition) is 4. The zero-order chi connectivity index (χ0) is 21.8. The van der Waals surface area contributed by atoms with Crippen molar-refractivity contribution in [3.63, 3.8) is 0 Å². The van der Waals surface area contributed by atoms with E-state index >= 15 is 0 Å². The smallest absolute Gasteiger partial charge is 0.410 e. The summed E-state index contributed by atoms with van der Waals surface area (Å²) in [5.74, 6) is -0.249. The van der Waals surface area contributed by atoms with E-state index in [0.29, 0.717) is 13.2 Å². The fourth-order valence-corrected chi connectivity index (χ4v) is 4.14. The lowest BCUT2D eigenvalue weighted by atomic mass is 9.95. The second kappa shape index (κ2) is 9.90. The van der Waals surface area contributed by atoms with Crippen LogP contribution in [-0.2, 0) is 16.1 Å². The van der Waals surface area contributed by atoms with Crippen LogP contribution in [0.4, 0.5) is 9.18 Å². The molecule has 3 atom stereocenters. The second-order valence-corrected chi connectivity index (χ2v) is 8.91. The van der Waals surface area contributed by atoms with Crippen LogP contribution >= 0.6 is 0 Å². The molecule has 29 heavy (non-hydrogen) atoms. The Morgan fingerprint density at radius 3 is 2.41 bits per heavy atom. The summed E-state index contributed by atoms with van der Waals surface area (Å²) in [6, 6.07) is 5.33. The summed E-state index contributed by atoms with van der Waals surface area (Å²) in [5.41, 5.74) is 1.44. The fraction of sp³-hybridized carbons (Fsp3) is 0.696. The van der Waals surface area contributed by atoms with Gasteiger partial charge in [0.1, 0.15) is 11.4 Å². The minimum atomic E-state index is -0.509. The van der Waals surface area contributed by atoms with Crippen molar-refractivity contribution in [2.75, 3.05) is 20.2 Å². The van der Waals surface area contributed by atoms with Crippen molar-refractivity contribution < 1.29 is 18.7 Å². The van der Waals surface area contributed by atoms with Crippen LogP contribution in [0.3, 0.4) is 0 Å². The molecule has 1 heterocycles. The van der Waals surface area contributed by atoms with Crippen LogP contribution in [0.5, 0.6) is 0 Å². The van der Waals surface area contributed by atoms with Gasteiger partial charge in [-0.1, -0.05) is 19.9 Å². The van der Waals surface area contributed by atoms with Gasteiger partial charge in [0.2, 0.25) is 0 Å². The van der Waals surface area contributed by atoms with Gasteiger partial charge in [-0.05, 0) is 63.8 Å². The highest BCUT2D eigenvalue weighted by Gasteiger charge is 2.39. The molecule has 0 aromatic heterocycles. The molecule has 0 N–H and O–H groups in total. The van der Waals surface area contributed by atoms with Gasteiger partial charge in [-0.2, -0.15) is 0 Å². The highest BCUT2D eigenvalue weighted by atomic mass is 19.1. The summed E-state index contributed by atoms with van der Waals surface area (Å²) in [6.45, 7) is 13.9. The molecule has 6 heteroatoms. The van der Waals surface area contributed by atoms with E-state index in [1.54, 1.807) is 13.2 Å². The highest BCUT2D eigenvalue weighted by molar-refractivity contribution is 5.69. The summed E-state index contributed by atoms with van der Waals surface area (Å²) in [6.07, 6.45) is 1.53. The monoisotopic (exact) mass is 408 g/mol. The Hall–Kier alpha value is -1.66. The van der Waals surface area contributed by atoms with Gasteiger partial charge in [0, 0.05) is 38.3 Å². The number of ether oxygens (including phenoxy) is 2. The standard InChI is InChI=1S/C23H37FN2O3/c1-8-19-14-26(22(27)29-23(4,5)6)20(9-2)13-25(19)16(3)21-11-10-18(24)12-17(21)15-28-7/h10-12,16,19-20H,8-9,13-15H2,1-7H3/t16?,19-,20+/m1/s1. The summed E-state index contributed by atoms with van der Waals surface area (Å²) in [4.78, 5) is 17.1. The number of methoxy groups -OCH3 is 1. The van der Waals surface area contributed by atoms with Gasteiger partial charge in [-0.15, -0.1) is 0 Å². The lowest BCUT2D eigenvalue weighted by Crippen LogP contribution is -2.60. The third kappa shape index (κ3) is 5.92. The Kier molecular flexibility index (Phi) is 8.06. The minimum absolute atomic E-state index is 0.0847. The van der Waals surface area contributed by atoms with Crippen LogP contribution in [0.15, 0.2) is 18.2 Å². The zero-order valence-corrected chi connectivity index (χ0v) is 19.0. The van der Waals surface area contributed by atoms with E-state index in [-0.39, 0.29) is 30.0 Å². The summed E-state index contributed by atoms with van der Waals surface area (Å²) in [5, 5.41) is 0. The summed E-state index contributed by atoms with van der Waals surface area (Å²) < 4.78 is 24.7. The maximum Gasteiger partial charge on any atom is 0.410 e. The molecule has 1 aliphatic rings. The molecule has 1 saturated heterocycles. The van der Waals surface area contributed by atoms with E-state index in [9.17, 15) is 9.18 Å². The minimum Gasteiger partial charge on any atom is -0.444 e. The Bertz CT molecular complexity index is 689. The molecule has 1 fully saturated rings. The molecule has 1 amide bonds. The van der Waals surface area contributed by atoms with Crippen molar-refractivity contribution in [2.24, 2.45) is 0 Å². The van der Waals surface area contributed by atoms with Gasteiger partial charge < -0.3 is 14.4 Å². The molecule has 164 valence electrons. The fourth-order valence-electron chi connectivity index (χ4n) is 4.14. The topological polar surface area (TPSA) is 42.0 Å². The molecule has 0 spiro atoms. The highest BCUT2D eigenvalue weighted by Crippen LogP contribution is 2.32. The number of rotatable bonds is 6. The SMILES string of the molecule is CC[C@H]1CN(C(C)c2ccc(F)cc2COC)[C@H](CC)CN1C(=O)OC(C)(C)C. The molecule has 2 rings (SSSR count). The van der Waals surface area contributed by atoms with E-state index in [1.165, 1.54) is 6.07 Å². The van der Waals surface area contributed by atoms with E-state index in [4.69, 9.17) is 9.47 Å². The summed E-state index contributed by atoms with van der Waals surface area (Å²) >= 11 is 0. The van der Waals surface area contributed by atoms with Crippen molar-refractivity contribution in [3.8, 4) is 0 Å². The van der Waals surface area contributed by atoms with Crippen LogP contribution in [0.2, 0.25) is 0 Å². The van der Waals surface area contributed by atoms with Crippen molar-refractivity contribution in [2.45, 2.75) is 84.7 Å². The van der Waals surface area contributed by atoms with Crippen LogP contribution in [0.25, 0.3) is 0 Å². The van der Waals surface area contributed by atoms with Gasteiger partial charge in [0.15, 0.2) is 0 Å². The van der Waals surface area contributed by atoms with Crippen molar-refractivity contribution in [1.82, 2.24) is 9.80 Å². The molecule has 1 aromatic carbocycles. The predicted octanol–water partition coefficient (Wildman–Crippen LogP) is 5.14. The average molecular weight is 409 g/mol. The van der Waals surface area contributed by atoms with E-state index < -0.39 is 5.60 Å². The Labute approximate surface area is 175 Å². The van der Waals surface area contributed by atoms with Crippen molar-refractivity contribution >= 4 is 6.09 Å². The molecule has 1 unspecified atom stereocenters. The van der Waals surface area contributed by atoms with Gasteiger partial charge >= 0.3 is 6.09 Å². The number of benzene rings is 1. The number of piperazine rings is 1. The average Bonchev–Trinajstić information content (AvgIpc) is 2.65. The molecular weight excluding hydrogens is 371 g/mol. The maximum atomic E-state index is 13.8. The number of carbonyl (C=O) groups is 1. The Balaban J connectivity index is 2.27. The first kappa shape index (κ1) is 23.6. The van der Waals surface area contributed by atoms with Crippen molar-refractivity contribution in [1.29, 1.82) is 0 Å². The molecule has 1 aromatic rings. The number of halogens is 1. The van der Waals surface area contributed by atoms with Crippen LogP contribution < -0.4 is 0 Å². The number of carbonyl (C=O) groups excluding carboxylic acids is 1. The number of hydrogen-bond donors (Lipinski definition) is 0. The molecule has 1 aliphatic heterocycles. The molecule has 0 saturated carbocycles. The first-order valence-corrected chi connectivity index (χ1v) is 10.6. The normalized spacial score (nSPS) is 21.9. The zero-order valence-electron chi connectivity index (χ0n) is 19.0. The lowest BCUT2D eigenvalue weighted by Gasteiger charge is -2.48. The second-order valence-electron chi connectivity index (χ2n) is 8.91. The third-order valence-electron chi connectivity index (χ3n) is 5.66. The Morgan fingerprint density at radius 2 is 1.86 bits per heavy atom. The van der Waals surface area contributed by atoms with Gasteiger partial charge in [0.05, 0.1) is 6.61 Å². The lowest BCUT2D eigenvalue weighted by molar-refractivity contribution is -0.0270. The molecule has 0 aliphatic carbocycles. The third-order valence-corrected chi connectivity index (χ3v) is 5.66. The van der Waals surface area contributed by atoms with E-state index in [2.05, 4.69) is 25.7 Å². The number of nitrogens with zero attached hydrogens (tertiary/aromatic N) is 2. The van der Waals surface area contributed by atoms with E-state index in [0.717, 1.165) is 30.5 Å². The predicted molar refractivity (Wildman–Crippen MR) is 113 cm³/mol. The molecular formula is C23H37FN2O3. The van der Waals surface area contributed by atoms with Crippen LogP contribution in [0.1, 0.15) is 71.6 Å². The van der Waals surface area contributed by atoms with Gasteiger partial charge in [-0.3, -0.25) is 4.90 Å². The first-order valence-electron chi connectivity index (χ1n) is 10.6. The van der Waals surface area contributed by atoms with Crippen LogP contribution in [0, 0.1) is 5.82 Å². The molecule has 0 radical (unpaired) electrons. The van der Waals surface area contributed by atoms with E-state index in [1.807, 2.05) is 31.7 Å². The van der Waals surface area contributed by atoms with Crippen molar-refractivity contribution in [3.05, 3.63) is 35.1 Å². The molecule has 5 nitrogen and oxygen atoms in total. The van der Waals surface area contributed by atoms with Crippen LogP contribution in [-0.4, -0.2) is 53.8 Å².